The molecule has 3 aromatic rings. The molecule has 4 rings (SSSR count). The summed E-state index contributed by atoms with van der Waals surface area (Å²) in [5.41, 5.74) is 6.27. The fraction of sp³-hybridized carbons (Fsp3) is 0.400. The van der Waals surface area contributed by atoms with E-state index in [1.165, 1.54) is 22.3 Å². The van der Waals surface area contributed by atoms with Crippen LogP contribution in [0.15, 0.2) is 71.7 Å². The lowest BCUT2D eigenvalue weighted by Gasteiger charge is -2.37. The number of fused-ring (bicyclic) bond motifs is 1. The number of carbonyl (C=O) groups excluding carboxylic acids is 1. The molecule has 2 heterocycles. The Hall–Kier alpha value is -3.77. The van der Waals surface area contributed by atoms with Crippen LogP contribution in [0.25, 0.3) is 5.57 Å². The topological polar surface area (TPSA) is 55.2 Å². The van der Waals surface area contributed by atoms with Crippen molar-refractivity contribution in [1.82, 2.24) is 9.80 Å². The van der Waals surface area contributed by atoms with Crippen molar-refractivity contribution in [2.75, 3.05) is 33.9 Å². The SMILES string of the molecule is C/C=C(\C)c1ccc(CN2CCc3cc(OC)c(OC)cc3C2c2ccc(C)cc2)o1.C=CC.CCN(C=O)CC. The Labute approximate surface area is 247 Å². The van der Waals surface area contributed by atoms with E-state index in [9.17, 15) is 4.79 Å². The van der Waals surface area contributed by atoms with E-state index < -0.39 is 0 Å². The number of hydrogen-bond donors (Lipinski definition) is 0. The first kappa shape index (κ1) is 33.4. The fourth-order valence-corrected chi connectivity index (χ4v) is 4.70. The lowest BCUT2D eigenvalue weighted by Crippen LogP contribution is -2.35. The van der Waals surface area contributed by atoms with Crippen molar-refractivity contribution in [2.24, 2.45) is 0 Å². The third-order valence-corrected chi connectivity index (χ3v) is 7.17. The Kier molecular flexibility index (Phi) is 14.0. The van der Waals surface area contributed by atoms with E-state index in [2.05, 4.69) is 79.9 Å². The average Bonchev–Trinajstić information content (AvgIpc) is 3.46. The molecule has 0 saturated heterocycles. The number of benzene rings is 2. The third-order valence-electron chi connectivity index (χ3n) is 7.17. The first-order valence-electron chi connectivity index (χ1n) is 14.3. The molecule has 41 heavy (non-hydrogen) atoms. The molecule has 1 unspecified atom stereocenters. The van der Waals surface area contributed by atoms with Gasteiger partial charge in [-0.3, -0.25) is 9.69 Å². The van der Waals surface area contributed by atoms with Crippen LogP contribution in [-0.2, 0) is 17.8 Å². The number of rotatable bonds is 9. The summed E-state index contributed by atoms with van der Waals surface area (Å²) in [4.78, 5) is 14.1. The second-order valence-electron chi connectivity index (χ2n) is 9.91. The summed E-state index contributed by atoms with van der Waals surface area (Å²) in [7, 11) is 3.39. The van der Waals surface area contributed by atoms with Crippen molar-refractivity contribution in [1.29, 1.82) is 0 Å². The monoisotopic (exact) mass is 560 g/mol. The number of furan rings is 1. The normalized spacial score (nSPS) is 14.4. The second kappa shape index (κ2) is 17.1. The van der Waals surface area contributed by atoms with Crippen LogP contribution >= 0.6 is 0 Å². The molecule has 0 saturated carbocycles. The maximum atomic E-state index is 9.89. The standard InChI is InChI=1S/C27H31NO3.C5H11NO.C3H6/c1-6-19(3)24-12-11-22(31-24)17-28-14-13-21-15-25(29-4)26(30-5)16-23(21)27(28)20-9-7-18(2)8-10-20;1-3-6(4-2)5-7;1-3-2/h6-12,15-16,27H,13-14,17H2,1-5H3;5H,3-4H2,1-2H3;3H,1H2,2H3/b19-6+;;. The molecule has 6 nitrogen and oxygen atoms in total. The summed E-state index contributed by atoms with van der Waals surface area (Å²) < 4.78 is 17.3. The predicted octanol–water partition coefficient (Wildman–Crippen LogP) is 7.85. The summed E-state index contributed by atoms with van der Waals surface area (Å²) in [5, 5.41) is 0. The number of aryl methyl sites for hydroxylation is 1. The lowest BCUT2D eigenvalue weighted by molar-refractivity contribution is -0.117. The van der Waals surface area contributed by atoms with E-state index in [-0.39, 0.29) is 6.04 Å². The molecule has 1 aliphatic rings. The van der Waals surface area contributed by atoms with E-state index in [0.29, 0.717) is 0 Å². The molecule has 0 bridgehead atoms. The van der Waals surface area contributed by atoms with E-state index in [4.69, 9.17) is 13.9 Å². The van der Waals surface area contributed by atoms with Crippen LogP contribution in [0.3, 0.4) is 0 Å². The Balaban J connectivity index is 0.000000508. The van der Waals surface area contributed by atoms with Gasteiger partial charge in [-0.25, -0.2) is 0 Å². The summed E-state index contributed by atoms with van der Waals surface area (Å²) in [6.07, 6.45) is 5.65. The lowest BCUT2D eigenvalue weighted by atomic mass is 9.87. The van der Waals surface area contributed by atoms with Crippen molar-refractivity contribution in [2.45, 2.75) is 60.5 Å². The van der Waals surface area contributed by atoms with Crippen LogP contribution in [0.1, 0.15) is 74.4 Å². The number of ether oxygens (including phenoxy) is 2. The molecule has 0 aliphatic carbocycles. The zero-order chi connectivity index (χ0) is 30.4. The molecule has 1 atom stereocenters. The number of nitrogens with zero attached hydrogens (tertiary/aromatic N) is 2. The summed E-state index contributed by atoms with van der Waals surface area (Å²) in [6.45, 7) is 18.7. The first-order chi connectivity index (χ1) is 19.8. The van der Waals surface area contributed by atoms with Gasteiger partial charge in [0.15, 0.2) is 11.5 Å². The molecule has 222 valence electrons. The zero-order valence-electron chi connectivity index (χ0n) is 26.2. The molecule has 1 aromatic heterocycles. The molecular formula is C35H48N2O4. The van der Waals surface area contributed by atoms with E-state index in [1.54, 1.807) is 25.2 Å². The van der Waals surface area contributed by atoms with E-state index in [1.807, 2.05) is 27.7 Å². The Morgan fingerprint density at radius 1 is 1.05 bits per heavy atom. The fourth-order valence-electron chi connectivity index (χ4n) is 4.70. The van der Waals surface area contributed by atoms with Crippen LogP contribution in [0.2, 0.25) is 0 Å². The van der Waals surface area contributed by atoms with Crippen LogP contribution in [-0.4, -0.2) is 50.1 Å². The van der Waals surface area contributed by atoms with Gasteiger partial charge < -0.3 is 18.8 Å². The van der Waals surface area contributed by atoms with Gasteiger partial charge in [0.25, 0.3) is 0 Å². The molecule has 0 fully saturated rings. The van der Waals surface area contributed by atoms with Crippen molar-refractivity contribution in [3.05, 3.63) is 101 Å². The van der Waals surface area contributed by atoms with Crippen LogP contribution in [0.5, 0.6) is 11.5 Å². The molecule has 6 heteroatoms. The van der Waals surface area contributed by atoms with Crippen molar-refractivity contribution in [3.63, 3.8) is 0 Å². The molecule has 2 aromatic carbocycles. The minimum Gasteiger partial charge on any atom is -0.493 e. The first-order valence-corrected chi connectivity index (χ1v) is 14.3. The second-order valence-corrected chi connectivity index (χ2v) is 9.91. The zero-order valence-corrected chi connectivity index (χ0v) is 26.2. The number of amides is 1. The van der Waals surface area contributed by atoms with Gasteiger partial charge >= 0.3 is 0 Å². The van der Waals surface area contributed by atoms with Gasteiger partial charge in [0.05, 0.1) is 26.8 Å². The van der Waals surface area contributed by atoms with Gasteiger partial charge in [0.1, 0.15) is 11.5 Å². The smallest absolute Gasteiger partial charge is 0.209 e. The van der Waals surface area contributed by atoms with Crippen LogP contribution < -0.4 is 9.47 Å². The summed E-state index contributed by atoms with van der Waals surface area (Å²) in [6, 6.07) is 17.4. The van der Waals surface area contributed by atoms with Gasteiger partial charge in [0, 0.05) is 19.6 Å². The van der Waals surface area contributed by atoms with Crippen molar-refractivity contribution >= 4 is 12.0 Å². The highest BCUT2D eigenvalue weighted by Crippen LogP contribution is 2.41. The van der Waals surface area contributed by atoms with Crippen LogP contribution in [0, 0.1) is 6.92 Å². The van der Waals surface area contributed by atoms with E-state index in [0.717, 1.165) is 67.6 Å². The maximum Gasteiger partial charge on any atom is 0.209 e. The summed E-state index contributed by atoms with van der Waals surface area (Å²) >= 11 is 0. The summed E-state index contributed by atoms with van der Waals surface area (Å²) in [5.74, 6) is 3.48. The van der Waals surface area contributed by atoms with Gasteiger partial charge in [-0.05, 0) is 94.5 Å². The Morgan fingerprint density at radius 3 is 2.17 bits per heavy atom. The van der Waals surface area contributed by atoms with Crippen molar-refractivity contribution < 1.29 is 18.7 Å². The Bertz CT molecular complexity index is 1260. The largest absolute Gasteiger partial charge is 0.493 e. The quantitative estimate of drug-likeness (QED) is 0.197. The molecule has 1 amide bonds. The highest BCUT2D eigenvalue weighted by Gasteiger charge is 2.31. The van der Waals surface area contributed by atoms with Gasteiger partial charge in [-0.1, -0.05) is 42.0 Å². The Morgan fingerprint density at radius 2 is 1.66 bits per heavy atom. The van der Waals surface area contributed by atoms with Crippen molar-refractivity contribution in [3.8, 4) is 11.5 Å². The van der Waals surface area contributed by atoms with Gasteiger partial charge in [0.2, 0.25) is 6.41 Å². The average molecular weight is 561 g/mol. The minimum absolute atomic E-state index is 0.125. The maximum absolute atomic E-state index is 9.89. The molecule has 0 spiro atoms. The minimum atomic E-state index is 0.125. The molecule has 0 N–H and O–H groups in total. The predicted molar refractivity (Wildman–Crippen MR) is 170 cm³/mol. The number of allylic oxidation sites excluding steroid dienone is 3. The molecule has 0 radical (unpaired) electrons. The number of methoxy groups -OCH3 is 2. The van der Waals surface area contributed by atoms with Gasteiger partial charge in [-0.2, -0.15) is 0 Å². The number of hydrogen-bond acceptors (Lipinski definition) is 5. The highest BCUT2D eigenvalue weighted by atomic mass is 16.5. The van der Waals surface area contributed by atoms with Crippen LogP contribution in [0.4, 0.5) is 0 Å². The highest BCUT2D eigenvalue weighted by molar-refractivity contribution is 5.58. The van der Waals surface area contributed by atoms with Gasteiger partial charge in [-0.15, -0.1) is 6.58 Å². The molecular weight excluding hydrogens is 512 g/mol. The third kappa shape index (κ3) is 9.12. The van der Waals surface area contributed by atoms with E-state index >= 15 is 0 Å². The molecule has 1 aliphatic heterocycles. The number of carbonyl (C=O) groups is 1.